The summed E-state index contributed by atoms with van der Waals surface area (Å²) in [5.74, 6) is -0.852. The van der Waals surface area contributed by atoms with Gasteiger partial charge in [-0.3, -0.25) is 9.59 Å². The molecule has 1 aromatic rings. The molecule has 1 aromatic heterocycles. The molecule has 5 nitrogen and oxygen atoms in total. The van der Waals surface area contributed by atoms with E-state index in [4.69, 9.17) is 9.84 Å². The van der Waals surface area contributed by atoms with Crippen LogP contribution in [0.3, 0.4) is 0 Å². The highest BCUT2D eigenvalue weighted by Gasteiger charge is 2.30. The molecule has 1 aliphatic rings. The van der Waals surface area contributed by atoms with Crippen LogP contribution >= 0.6 is 11.3 Å². The Balaban J connectivity index is 2.11. The van der Waals surface area contributed by atoms with E-state index in [-0.39, 0.29) is 12.5 Å². The van der Waals surface area contributed by atoms with E-state index in [1.165, 1.54) is 18.4 Å². The minimum absolute atomic E-state index is 0.132. The zero-order chi connectivity index (χ0) is 13.1. The van der Waals surface area contributed by atoms with Crippen molar-refractivity contribution >= 4 is 23.2 Å². The lowest BCUT2D eigenvalue weighted by atomic mass is 9.98. The van der Waals surface area contributed by atoms with Crippen molar-refractivity contribution in [2.75, 3.05) is 20.2 Å². The largest absolute Gasteiger partial charge is 0.495 e. The summed E-state index contributed by atoms with van der Waals surface area (Å²) >= 11 is 1.32. The van der Waals surface area contributed by atoms with E-state index in [1.807, 2.05) is 0 Å². The summed E-state index contributed by atoms with van der Waals surface area (Å²) in [5, 5.41) is 10.8. The highest BCUT2D eigenvalue weighted by Crippen LogP contribution is 2.28. The van der Waals surface area contributed by atoms with Gasteiger partial charge in [-0.15, -0.1) is 11.3 Å². The Morgan fingerprint density at radius 2 is 2.33 bits per heavy atom. The SMILES string of the molecule is COc1ccsc1C(=O)N1CCC[C@@H](C(=O)O)C1. The minimum atomic E-state index is -0.828. The first-order chi connectivity index (χ1) is 8.63. The van der Waals surface area contributed by atoms with Gasteiger partial charge in [-0.25, -0.2) is 0 Å². The topological polar surface area (TPSA) is 66.8 Å². The van der Waals surface area contributed by atoms with Gasteiger partial charge in [-0.05, 0) is 24.3 Å². The minimum Gasteiger partial charge on any atom is -0.495 e. The Morgan fingerprint density at radius 1 is 1.56 bits per heavy atom. The number of piperidine rings is 1. The maximum absolute atomic E-state index is 12.3. The number of hydrogen-bond donors (Lipinski definition) is 1. The lowest BCUT2D eigenvalue weighted by Gasteiger charge is -2.30. The average Bonchev–Trinajstić information content (AvgIpc) is 2.86. The number of aliphatic carboxylic acids is 1. The molecule has 0 aliphatic carbocycles. The number of carbonyl (C=O) groups excluding carboxylic acids is 1. The molecule has 1 N–H and O–H groups in total. The smallest absolute Gasteiger partial charge is 0.308 e. The molecule has 98 valence electrons. The van der Waals surface area contributed by atoms with Crippen molar-refractivity contribution < 1.29 is 19.4 Å². The van der Waals surface area contributed by atoms with Crippen molar-refractivity contribution in [3.8, 4) is 5.75 Å². The fraction of sp³-hybridized carbons (Fsp3) is 0.500. The van der Waals surface area contributed by atoms with E-state index in [9.17, 15) is 9.59 Å². The second-order valence-electron chi connectivity index (χ2n) is 4.25. The molecule has 18 heavy (non-hydrogen) atoms. The van der Waals surface area contributed by atoms with Gasteiger partial charge in [0.15, 0.2) is 0 Å². The first-order valence-corrected chi connectivity index (χ1v) is 6.65. The molecule has 6 heteroatoms. The second kappa shape index (κ2) is 5.39. The fourth-order valence-electron chi connectivity index (χ4n) is 2.12. The number of ether oxygens (including phenoxy) is 1. The Kier molecular flexibility index (Phi) is 3.86. The third-order valence-corrected chi connectivity index (χ3v) is 3.98. The molecule has 1 amide bonds. The molecule has 0 unspecified atom stereocenters. The lowest BCUT2D eigenvalue weighted by molar-refractivity contribution is -0.143. The molecule has 2 rings (SSSR count). The number of carbonyl (C=O) groups is 2. The molecule has 0 aromatic carbocycles. The van der Waals surface area contributed by atoms with Crippen molar-refractivity contribution in [3.05, 3.63) is 16.3 Å². The van der Waals surface area contributed by atoms with Gasteiger partial charge in [0.05, 0.1) is 13.0 Å². The van der Waals surface area contributed by atoms with Gasteiger partial charge >= 0.3 is 5.97 Å². The summed E-state index contributed by atoms with van der Waals surface area (Å²) in [6, 6.07) is 1.75. The molecular weight excluding hydrogens is 254 g/mol. The summed E-state index contributed by atoms with van der Waals surface area (Å²) in [7, 11) is 1.52. The number of carboxylic acids is 1. The quantitative estimate of drug-likeness (QED) is 0.906. The number of hydrogen-bond acceptors (Lipinski definition) is 4. The van der Waals surface area contributed by atoms with Crippen LogP contribution in [-0.4, -0.2) is 42.1 Å². The second-order valence-corrected chi connectivity index (χ2v) is 5.16. The molecule has 1 fully saturated rings. The van der Waals surface area contributed by atoms with Gasteiger partial charge in [-0.1, -0.05) is 0 Å². The van der Waals surface area contributed by atoms with Crippen LogP contribution in [0.4, 0.5) is 0 Å². The highest BCUT2D eigenvalue weighted by molar-refractivity contribution is 7.12. The average molecular weight is 269 g/mol. The van der Waals surface area contributed by atoms with Crippen molar-refractivity contribution in [1.82, 2.24) is 4.90 Å². The molecular formula is C12H15NO4S. The lowest BCUT2D eigenvalue weighted by Crippen LogP contribution is -2.42. The van der Waals surface area contributed by atoms with Crippen LogP contribution in [0.1, 0.15) is 22.5 Å². The van der Waals surface area contributed by atoms with Gasteiger partial charge in [0.2, 0.25) is 0 Å². The molecule has 1 aliphatic heterocycles. The zero-order valence-corrected chi connectivity index (χ0v) is 10.9. The van der Waals surface area contributed by atoms with Crippen molar-refractivity contribution in [2.45, 2.75) is 12.8 Å². The standard InChI is InChI=1S/C12H15NO4S/c1-17-9-4-6-18-10(9)11(14)13-5-2-3-8(7-13)12(15)16/h4,6,8H,2-3,5,7H2,1H3,(H,15,16)/t8-/m1/s1. The van der Waals surface area contributed by atoms with Gasteiger partial charge < -0.3 is 14.7 Å². The van der Waals surface area contributed by atoms with Crippen molar-refractivity contribution in [3.63, 3.8) is 0 Å². The number of carboxylic acid groups (broad SMARTS) is 1. The summed E-state index contributed by atoms with van der Waals surface area (Å²) in [5.41, 5.74) is 0. The Hall–Kier alpha value is -1.56. The molecule has 0 radical (unpaired) electrons. The summed E-state index contributed by atoms with van der Waals surface area (Å²) in [6.45, 7) is 0.902. The molecule has 0 spiro atoms. The molecule has 2 heterocycles. The summed E-state index contributed by atoms with van der Waals surface area (Å²) in [4.78, 5) is 25.4. The zero-order valence-electron chi connectivity index (χ0n) is 10.1. The number of thiophene rings is 1. The Bertz CT molecular complexity index is 457. The Morgan fingerprint density at radius 3 is 3.00 bits per heavy atom. The van der Waals surface area contributed by atoms with Crippen LogP contribution in [0.25, 0.3) is 0 Å². The normalized spacial score (nSPS) is 19.6. The predicted molar refractivity (Wildman–Crippen MR) is 67.1 cm³/mol. The number of likely N-dealkylation sites (tertiary alicyclic amines) is 1. The Labute approximate surface area is 109 Å². The van der Waals surface area contributed by atoms with E-state index in [1.54, 1.807) is 16.3 Å². The van der Waals surface area contributed by atoms with Crippen LogP contribution in [-0.2, 0) is 4.79 Å². The number of methoxy groups -OCH3 is 1. The summed E-state index contributed by atoms with van der Waals surface area (Å²) in [6.07, 6.45) is 1.37. The fourth-order valence-corrected chi connectivity index (χ4v) is 2.95. The van der Waals surface area contributed by atoms with Gasteiger partial charge in [0.1, 0.15) is 10.6 Å². The van der Waals surface area contributed by atoms with Crippen LogP contribution in [0.15, 0.2) is 11.4 Å². The van der Waals surface area contributed by atoms with E-state index >= 15 is 0 Å². The van der Waals surface area contributed by atoms with E-state index in [0.717, 1.165) is 6.42 Å². The van der Waals surface area contributed by atoms with E-state index < -0.39 is 11.9 Å². The molecule has 1 atom stereocenters. The maximum atomic E-state index is 12.3. The predicted octanol–water partition coefficient (Wildman–Crippen LogP) is 1.69. The number of rotatable bonds is 3. The van der Waals surface area contributed by atoms with Crippen molar-refractivity contribution in [1.29, 1.82) is 0 Å². The van der Waals surface area contributed by atoms with Gasteiger partial charge in [0, 0.05) is 13.1 Å². The van der Waals surface area contributed by atoms with Gasteiger partial charge in [-0.2, -0.15) is 0 Å². The van der Waals surface area contributed by atoms with Crippen LogP contribution in [0, 0.1) is 5.92 Å². The first-order valence-electron chi connectivity index (χ1n) is 5.77. The molecule has 0 bridgehead atoms. The monoisotopic (exact) mass is 269 g/mol. The number of nitrogens with zero attached hydrogens (tertiary/aromatic N) is 1. The number of amides is 1. The summed E-state index contributed by atoms with van der Waals surface area (Å²) < 4.78 is 5.12. The highest BCUT2D eigenvalue weighted by atomic mass is 32.1. The van der Waals surface area contributed by atoms with E-state index in [2.05, 4.69) is 0 Å². The van der Waals surface area contributed by atoms with Crippen molar-refractivity contribution in [2.24, 2.45) is 5.92 Å². The van der Waals surface area contributed by atoms with Gasteiger partial charge in [0.25, 0.3) is 5.91 Å². The third-order valence-electron chi connectivity index (χ3n) is 3.10. The van der Waals surface area contributed by atoms with Crippen LogP contribution in [0.5, 0.6) is 5.75 Å². The third kappa shape index (κ3) is 2.48. The molecule has 1 saturated heterocycles. The van der Waals surface area contributed by atoms with Crippen LogP contribution in [0.2, 0.25) is 0 Å². The van der Waals surface area contributed by atoms with Crippen LogP contribution < -0.4 is 4.74 Å². The van der Waals surface area contributed by atoms with E-state index in [0.29, 0.717) is 23.6 Å². The maximum Gasteiger partial charge on any atom is 0.308 e. The first kappa shape index (κ1) is 12.9. The molecule has 0 saturated carbocycles.